The number of amidine groups is 1. The summed E-state index contributed by atoms with van der Waals surface area (Å²) in [6.07, 6.45) is 1.40. The number of nitrogens with one attached hydrogen (secondary N) is 1. The van der Waals surface area contributed by atoms with E-state index in [1.807, 2.05) is 0 Å². The number of carbonyl (C=O) groups is 1. The van der Waals surface area contributed by atoms with Crippen molar-refractivity contribution in [3.63, 3.8) is 0 Å². The fourth-order valence-corrected chi connectivity index (χ4v) is 5.19. The first-order chi connectivity index (χ1) is 13.9. The second-order valence-corrected chi connectivity index (χ2v) is 8.77. The number of thioether (sulfide) groups is 1. The molecule has 3 atom stereocenters. The van der Waals surface area contributed by atoms with Crippen LogP contribution in [0.1, 0.15) is 23.0 Å². The molecule has 1 amide bonds. The van der Waals surface area contributed by atoms with Gasteiger partial charge in [0.25, 0.3) is 5.91 Å². The first-order valence-electron chi connectivity index (χ1n) is 9.18. The lowest BCUT2D eigenvalue weighted by molar-refractivity contribution is -0.0339. The van der Waals surface area contributed by atoms with Crippen molar-refractivity contribution in [3.8, 4) is 0 Å². The van der Waals surface area contributed by atoms with E-state index in [9.17, 15) is 9.18 Å². The largest absolute Gasteiger partial charge is 0.379 e. The third kappa shape index (κ3) is 3.84. The molecule has 1 aromatic heterocycles. The van der Waals surface area contributed by atoms with Crippen LogP contribution >= 0.6 is 23.4 Å². The number of pyridine rings is 1. The minimum Gasteiger partial charge on any atom is -0.379 e. The molecule has 0 saturated carbocycles. The number of benzene rings is 1. The third-order valence-corrected chi connectivity index (χ3v) is 6.51. The molecule has 2 aliphatic rings. The molecule has 4 rings (SSSR count). The molecule has 9 heteroatoms. The van der Waals surface area contributed by atoms with Crippen LogP contribution < -0.4 is 11.1 Å². The van der Waals surface area contributed by atoms with Crippen molar-refractivity contribution in [1.29, 1.82) is 0 Å². The molecule has 0 radical (unpaired) electrons. The lowest BCUT2D eigenvalue weighted by atomic mass is 9.72. The summed E-state index contributed by atoms with van der Waals surface area (Å²) in [7, 11) is 0. The maximum atomic E-state index is 15.0. The number of hydrogen-bond acceptors (Lipinski definition) is 6. The Kier molecular flexibility index (Phi) is 5.50. The summed E-state index contributed by atoms with van der Waals surface area (Å²) < 4.78 is 20.7. The molecule has 2 aromatic rings. The second kappa shape index (κ2) is 7.93. The van der Waals surface area contributed by atoms with Crippen LogP contribution in [0.2, 0.25) is 5.02 Å². The number of fused-ring (bicyclic) bond motifs is 1. The molecule has 1 saturated heterocycles. The van der Waals surface area contributed by atoms with Gasteiger partial charge in [-0.05, 0) is 36.2 Å². The normalized spacial score (nSPS) is 26.4. The fraction of sp³-hybridized carbons (Fsp3) is 0.350. The van der Waals surface area contributed by atoms with Gasteiger partial charge < -0.3 is 15.8 Å². The molecule has 6 nitrogen and oxygen atoms in total. The molecule has 0 spiro atoms. The number of aliphatic imine (C=N–C) groups is 1. The maximum absolute atomic E-state index is 15.0. The quantitative estimate of drug-likeness (QED) is 0.769. The highest BCUT2D eigenvalue weighted by atomic mass is 35.5. The van der Waals surface area contributed by atoms with Crippen LogP contribution in [0, 0.1) is 17.7 Å². The van der Waals surface area contributed by atoms with Crippen LogP contribution in [0.4, 0.5) is 10.1 Å². The average Bonchev–Trinajstić information content (AvgIpc) is 2.69. The Labute approximate surface area is 177 Å². The van der Waals surface area contributed by atoms with Gasteiger partial charge in [0.15, 0.2) is 5.17 Å². The molecular formula is C20H20ClFN4O2S. The number of ether oxygens (including phenoxy) is 1. The van der Waals surface area contributed by atoms with Gasteiger partial charge in [-0.3, -0.25) is 4.79 Å². The predicted molar refractivity (Wildman–Crippen MR) is 113 cm³/mol. The number of nitrogens with two attached hydrogens (primary N) is 1. The lowest BCUT2D eigenvalue weighted by Gasteiger charge is -2.47. The first-order valence-corrected chi connectivity index (χ1v) is 10.5. The smallest absolute Gasteiger partial charge is 0.274 e. The number of amides is 1. The van der Waals surface area contributed by atoms with E-state index in [2.05, 4.69) is 22.2 Å². The highest BCUT2D eigenvalue weighted by Crippen LogP contribution is 2.47. The van der Waals surface area contributed by atoms with Crippen LogP contribution in [0.15, 0.2) is 41.5 Å². The van der Waals surface area contributed by atoms with Crippen molar-refractivity contribution in [2.24, 2.45) is 22.6 Å². The van der Waals surface area contributed by atoms with Gasteiger partial charge in [0.1, 0.15) is 17.1 Å². The molecule has 152 valence electrons. The molecular weight excluding hydrogens is 415 g/mol. The highest BCUT2D eigenvalue weighted by Gasteiger charge is 2.50. The summed E-state index contributed by atoms with van der Waals surface area (Å²) in [5.41, 5.74) is 6.14. The Bertz CT molecular complexity index is 971. The van der Waals surface area contributed by atoms with Gasteiger partial charge in [0, 0.05) is 35.7 Å². The van der Waals surface area contributed by atoms with Gasteiger partial charge in [0.2, 0.25) is 0 Å². The van der Waals surface area contributed by atoms with Gasteiger partial charge in [-0.2, -0.15) is 0 Å². The second-order valence-electron chi connectivity index (χ2n) is 7.29. The zero-order valence-corrected chi connectivity index (χ0v) is 17.3. The first kappa shape index (κ1) is 20.1. The monoisotopic (exact) mass is 434 g/mol. The number of halogens is 2. The Balaban J connectivity index is 1.70. The Morgan fingerprint density at radius 3 is 3.00 bits per heavy atom. The van der Waals surface area contributed by atoms with Gasteiger partial charge in [-0.1, -0.05) is 30.3 Å². The summed E-state index contributed by atoms with van der Waals surface area (Å²) in [6, 6.07) is 7.57. The molecule has 3 heterocycles. The molecule has 1 fully saturated rings. The Morgan fingerprint density at radius 1 is 1.41 bits per heavy atom. The SMILES string of the molecule is C[C@H]1COC[C@]2(c3cc(NC(=O)c4ccc(Cl)cn4)ccc3F)N=C(N)SC[C@H]12. The van der Waals surface area contributed by atoms with E-state index in [0.29, 0.717) is 28.0 Å². The van der Waals surface area contributed by atoms with E-state index in [0.717, 1.165) is 5.75 Å². The minimum atomic E-state index is -0.906. The third-order valence-electron chi connectivity index (χ3n) is 5.37. The van der Waals surface area contributed by atoms with Crippen LogP contribution in [-0.2, 0) is 10.3 Å². The number of anilines is 1. The molecule has 0 unspecified atom stereocenters. The Hall–Kier alpha value is -2.16. The van der Waals surface area contributed by atoms with Gasteiger partial charge in [0.05, 0.1) is 11.6 Å². The van der Waals surface area contributed by atoms with Crippen LogP contribution in [-0.4, -0.2) is 35.0 Å². The van der Waals surface area contributed by atoms with E-state index >= 15 is 0 Å². The molecule has 0 bridgehead atoms. The summed E-state index contributed by atoms with van der Waals surface area (Å²) >= 11 is 7.30. The number of aromatic nitrogens is 1. The van der Waals surface area contributed by atoms with E-state index in [-0.39, 0.29) is 24.1 Å². The number of carbonyl (C=O) groups excluding carboxylic acids is 1. The molecule has 2 aliphatic heterocycles. The number of hydrogen-bond donors (Lipinski definition) is 2. The zero-order chi connectivity index (χ0) is 20.6. The highest BCUT2D eigenvalue weighted by molar-refractivity contribution is 8.13. The minimum absolute atomic E-state index is 0.0759. The average molecular weight is 435 g/mol. The predicted octanol–water partition coefficient (Wildman–Crippen LogP) is 3.67. The summed E-state index contributed by atoms with van der Waals surface area (Å²) in [5, 5.41) is 3.61. The molecule has 0 aliphatic carbocycles. The molecule has 29 heavy (non-hydrogen) atoms. The number of nitrogens with zero attached hydrogens (tertiary/aromatic N) is 2. The van der Waals surface area contributed by atoms with Crippen LogP contribution in [0.3, 0.4) is 0 Å². The van der Waals surface area contributed by atoms with Gasteiger partial charge >= 0.3 is 0 Å². The summed E-state index contributed by atoms with van der Waals surface area (Å²) in [4.78, 5) is 21.2. The van der Waals surface area contributed by atoms with Crippen molar-refractivity contribution >= 4 is 40.1 Å². The van der Waals surface area contributed by atoms with Crippen molar-refractivity contribution < 1.29 is 13.9 Å². The van der Waals surface area contributed by atoms with Crippen LogP contribution in [0.25, 0.3) is 0 Å². The zero-order valence-electron chi connectivity index (χ0n) is 15.7. The molecule has 1 aromatic carbocycles. The van der Waals surface area contributed by atoms with E-state index < -0.39 is 17.3 Å². The van der Waals surface area contributed by atoms with Crippen LogP contribution in [0.5, 0.6) is 0 Å². The van der Waals surface area contributed by atoms with Crippen molar-refractivity contribution in [2.45, 2.75) is 12.5 Å². The topological polar surface area (TPSA) is 89.6 Å². The van der Waals surface area contributed by atoms with Crippen molar-refractivity contribution in [2.75, 3.05) is 24.3 Å². The fourth-order valence-electron chi connectivity index (χ4n) is 3.89. The molecule has 3 N–H and O–H groups in total. The van der Waals surface area contributed by atoms with E-state index in [1.54, 1.807) is 12.1 Å². The van der Waals surface area contributed by atoms with Crippen molar-refractivity contribution in [1.82, 2.24) is 4.98 Å². The number of rotatable bonds is 3. The van der Waals surface area contributed by atoms with E-state index in [4.69, 9.17) is 22.1 Å². The summed E-state index contributed by atoms with van der Waals surface area (Å²) in [5.74, 6) is 0.198. The van der Waals surface area contributed by atoms with Crippen molar-refractivity contribution in [3.05, 3.63) is 58.6 Å². The van der Waals surface area contributed by atoms with E-state index in [1.165, 1.54) is 36.2 Å². The summed E-state index contributed by atoms with van der Waals surface area (Å²) in [6.45, 7) is 2.92. The standard InChI is InChI=1S/C20H20ClFN4O2S/c1-11-8-28-10-20(15(11)9-29-19(23)26-20)14-6-13(3-4-16(14)22)25-18(27)17-5-2-12(21)7-24-17/h2-7,11,15H,8-10H2,1H3,(H2,23,26)(H,25,27)/t11-,15+,20+/m0/s1. The van der Waals surface area contributed by atoms with Gasteiger partial charge in [-0.15, -0.1) is 0 Å². The Morgan fingerprint density at radius 2 is 2.24 bits per heavy atom. The maximum Gasteiger partial charge on any atom is 0.274 e. The lowest BCUT2D eigenvalue weighted by Crippen LogP contribution is -2.51. The van der Waals surface area contributed by atoms with Gasteiger partial charge in [-0.25, -0.2) is 14.4 Å².